The SMILES string of the molecule is Cc1ccc(CNC(=O)CCc2ccccc2N)o1. The van der Waals surface area contributed by atoms with Crippen molar-refractivity contribution in [2.75, 3.05) is 5.73 Å². The van der Waals surface area contributed by atoms with Crippen molar-refractivity contribution in [3.05, 3.63) is 53.5 Å². The molecular formula is C15H18N2O2. The second kappa shape index (κ2) is 6.09. The predicted octanol–water partition coefficient (Wildman–Crippen LogP) is 2.42. The predicted molar refractivity (Wildman–Crippen MR) is 74.5 cm³/mol. The number of anilines is 1. The van der Waals surface area contributed by atoms with Crippen molar-refractivity contribution in [2.45, 2.75) is 26.3 Å². The van der Waals surface area contributed by atoms with E-state index in [9.17, 15) is 4.79 Å². The summed E-state index contributed by atoms with van der Waals surface area (Å²) < 4.78 is 5.38. The minimum atomic E-state index is -0.00249. The number of furan rings is 1. The average Bonchev–Trinajstić information content (AvgIpc) is 2.81. The van der Waals surface area contributed by atoms with Gasteiger partial charge < -0.3 is 15.5 Å². The third-order valence-electron chi connectivity index (χ3n) is 2.93. The van der Waals surface area contributed by atoms with E-state index >= 15 is 0 Å². The summed E-state index contributed by atoms with van der Waals surface area (Å²) in [5.74, 6) is 1.61. The maximum absolute atomic E-state index is 11.7. The third-order valence-corrected chi connectivity index (χ3v) is 2.93. The molecule has 1 aromatic carbocycles. The van der Waals surface area contributed by atoms with Crippen LogP contribution >= 0.6 is 0 Å². The van der Waals surface area contributed by atoms with Gasteiger partial charge in [0.1, 0.15) is 11.5 Å². The molecule has 100 valence electrons. The van der Waals surface area contributed by atoms with E-state index in [0.717, 1.165) is 22.8 Å². The number of hydrogen-bond donors (Lipinski definition) is 2. The molecule has 1 amide bonds. The van der Waals surface area contributed by atoms with Crippen LogP contribution in [-0.4, -0.2) is 5.91 Å². The van der Waals surface area contributed by atoms with E-state index in [-0.39, 0.29) is 5.91 Å². The Morgan fingerprint density at radius 1 is 1.26 bits per heavy atom. The number of aryl methyl sites for hydroxylation is 2. The van der Waals surface area contributed by atoms with E-state index in [1.807, 2.05) is 43.3 Å². The van der Waals surface area contributed by atoms with Crippen LogP contribution in [0.5, 0.6) is 0 Å². The van der Waals surface area contributed by atoms with Crippen LogP contribution in [0.4, 0.5) is 5.69 Å². The zero-order valence-electron chi connectivity index (χ0n) is 11.0. The zero-order valence-corrected chi connectivity index (χ0v) is 11.0. The molecule has 0 saturated heterocycles. The van der Waals surface area contributed by atoms with Crippen molar-refractivity contribution >= 4 is 11.6 Å². The Labute approximate surface area is 112 Å². The van der Waals surface area contributed by atoms with Crippen LogP contribution in [0.15, 0.2) is 40.8 Å². The number of nitrogens with two attached hydrogens (primary N) is 1. The van der Waals surface area contributed by atoms with Gasteiger partial charge in [-0.15, -0.1) is 0 Å². The summed E-state index contributed by atoms with van der Waals surface area (Å²) in [6.07, 6.45) is 1.07. The molecule has 2 rings (SSSR count). The molecule has 1 heterocycles. The Morgan fingerprint density at radius 3 is 2.74 bits per heavy atom. The van der Waals surface area contributed by atoms with Gasteiger partial charge >= 0.3 is 0 Å². The molecule has 0 unspecified atom stereocenters. The lowest BCUT2D eigenvalue weighted by atomic mass is 10.1. The molecule has 0 saturated carbocycles. The highest BCUT2D eigenvalue weighted by molar-refractivity contribution is 5.76. The molecule has 4 nitrogen and oxygen atoms in total. The molecule has 0 aliphatic heterocycles. The standard InChI is InChI=1S/C15H18N2O2/c1-11-6-8-13(19-11)10-17-15(18)9-7-12-4-2-3-5-14(12)16/h2-6,8H,7,9-10,16H2,1H3,(H,17,18). The molecule has 0 atom stereocenters. The number of carbonyl (C=O) groups is 1. The largest absolute Gasteiger partial charge is 0.465 e. The quantitative estimate of drug-likeness (QED) is 0.809. The summed E-state index contributed by atoms with van der Waals surface area (Å²) in [5, 5.41) is 2.83. The first kappa shape index (κ1) is 13.2. The van der Waals surface area contributed by atoms with E-state index < -0.39 is 0 Å². The summed E-state index contributed by atoms with van der Waals surface area (Å²) in [6, 6.07) is 11.3. The smallest absolute Gasteiger partial charge is 0.220 e. The minimum Gasteiger partial charge on any atom is -0.465 e. The van der Waals surface area contributed by atoms with Crippen LogP contribution in [0.3, 0.4) is 0 Å². The number of rotatable bonds is 5. The molecule has 1 aromatic heterocycles. The number of para-hydroxylation sites is 1. The maximum Gasteiger partial charge on any atom is 0.220 e. The topological polar surface area (TPSA) is 68.3 Å². The van der Waals surface area contributed by atoms with E-state index in [1.165, 1.54) is 0 Å². The van der Waals surface area contributed by atoms with Crippen LogP contribution in [0, 0.1) is 6.92 Å². The summed E-state index contributed by atoms with van der Waals surface area (Å²) in [4.78, 5) is 11.7. The fraction of sp³-hybridized carbons (Fsp3) is 0.267. The Kier molecular flexibility index (Phi) is 4.23. The number of benzene rings is 1. The Bertz CT molecular complexity index is 561. The van der Waals surface area contributed by atoms with Crippen molar-refractivity contribution in [1.29, 1.82) is 0 Å². The normalized spacial score (nSPS) is 10.4. The second-order valence-electron chi connectivity index (χ2n) is 4.49. The molecular weight excluding hydrogens is 240 g/mol. The summed E-state index contributed by atoms with van der Waals surface area (Å²) >= 11 is 0. The first-order valence-electron chi connectivity index (χ1n) is 6.30. The lowest BCUT2D eigenvalue weighted by Gasteiger charge is -2.05. The number of hydrogen-bond acceptors (Lipinski definition) is 3. The highest BCUT2D eigenvalue weighted by atomic mass is 16.3. The summed E-state index contributed by atoms with van der Waals surface area (Å²) in [7, 11) is 0. The van der Waals surface area contributed by atoms with Crippen LogP contribution in [0.2, 0.25) is 0 Å². The summed E-state index contributed by atoms with van der Waals surface area (Å²) in [6.45, 7) is 2.31. The molecule has 19 heavy (non-hydrogen) atoms. The van der Waals surface area contributed by atoms with Gasteiger partial charge in [0.05, 0.1) is 6.54 Å². The van der Waals surface area contributed by atoms with Crippen LogP contribution in [0.1, 0.15) is 23.5 Å². The van der Waals surface area contributed by atoms with Crippen molar-refractivity contribution < 1.29 is 9.21 Å². The van der Waals surface area contributed by atoms with Gasteiger partial charge in [0.25, 0.3) is 0 Å². The Balaban J connectivity index is 1.77. The van der Waals surface area contributed by atoms with Gasteiger partial charge in [-0.2, -0.15) is 0 Å². The highest BCUT2D eigenvalue weighted by Crippen LogP contribution is 2.12. The second-order valence-corrected chi connectivity index (χ2v) is 4.49. The van der Waals surface area contributed by atoms with E-state index in [2.05, 4.69) is 5.32 Å². The third kappa shape index (κ3) is 3.88. The van der Waals surface area contributed by atoms with Gasteiger partial charge in [-0.05, 0) is 37.1 Å². The molecule has 2 aromatic rings. The molecule has 0 aliphatic carbocycles. The van der Waals surface area contributed by atoms with Gasteiger partial charge in [0.2, 0.25) is 5.91 Å². The molecule has 0 aliphatic rings. The van der Waals surface area contributed by atoms with Crippen molar-refractivity contribution in [3.8, 4) is 0 Å². The fourth-order valence-electron chi connectivity index (χ4n) is 1.86. The number of carbonyl (C=O) groups excluding carboxylic acids is 1. The molecule has 3 N–H and O–H groups in total. The lowest BCUT2D eigenvalue weighted by molar-refractivity contribution is -0.121. The van der Waals surface area contributed by atoms with Crippen LogP contribution in [-0.2, 0) is 17.8 Å². The van der Waals surface area contributed by atoms with Gasteiger partial charge in [-0.1, -0.05) is 18.2 Å². The Hall–Kier alpha value is -2.23. The number of nitrogen functional groups attached to an aromatic ring is 1. The maximum atomic E-state index is 11.7. The van der Waals surface area contributed by atoms with E-state index in [1.54, 1.807) is 0 Å². The number of nitrogens with one attached hydrogen (secondary N) is 1. The monoisotopic (exact) mass is 258 g/mol. The number of amides is 1. The van der Waals surface area contributed by atoms with Gasteiger partial charge in [0, 0.05) is 12.1 Å². The van der Waals surface area contributed by atoms with Crippen molar-refractivity contribution in [3.63, 3.8) is 0 Å². The summed E-state index contributed by atoms with van der Waals surface area (Å²) in [5.41, 5.74) is 7.57. The van der Waals surface area contributed by atoms with Crippen LogP contribution in [0.25, 0.3) is 0 Å². The van der Waals surface area contributed by atoms with Gasteiger partial charge in [-0.3, -0.25) is 4.79 Å². The zero-order chi connectivity index (χ0) is 13.7. The molecule has 4 heteroatoms. The van der Waals surface area contributed by atoms with Crippen molar-refractivity contribution in [1.82, 2.24) is 5.32 Å². The van der Waals surface area contributed by atoms with E-state index in [0.29, 0.717) is 19.4 Å². The minimum absolute atomic E-state index is 0.00249. The first-order valence-corrected chi connectivity index (χ1v) is 6.30. The van der Waals surface area contributed by atoms with Crippen molar-refractivity contribution in [2.24, 2.45) is 0 Å². The molecule has 0 fully saturated rings. The van der Waals surface area contributed by atoms with Crippen LogP contribution < -0.4 is 11.1 Å². The lowest BCUT2D eigenvalue weighted by Crippen LogP contribution is -2.22. The highest BCUT2D eigenvalue weighted by Gasteiger charge is 2.05. The molecule has 0 bridgehead atoms. The molecule has 0 radical (unpaired) electrons. The molecule has 0 spiro atoms. The van der Waals surface area contributed by atoms with Gasteiger partial charge in [-0.25, -0.2) is 0 Å². The average molecular weight is 258 g/mol. The first-order chi connectivity index (χ1) is 9.15. The van der Waals surface area contributed by atoms with E-state index in [4.69, 9.17) is 10.2 Å². The Morgan fingerprint density at radius 2 is 2.05 bits per heavy atom. The van der Waals surface area contributed by atoms with Gasteiger partial charge in [0.15, 0.2) is 0 Å². The fourth-order valence-corrected chi connectivity index (χ4v) is 1.86.